The van der Waals surface area contributed by atoms with Crippen LogP contribution in [0.2, 0.25) is 0 Å². The van der Waals surface area contributed by atoms with Crippen LogP contribution in [0.4, 0.5) is 5.82 Å². The number of nitrogens with one attached hydrogen (secondary N) is 1. The molecule has 0 saturated carbocycles. The summed E-state index contributed by atoms with van der Waals surface area (Å²) in [5.41, 5.74) is 5.46. The Kier molecular flexibility index (Phi) is 5.74. The standard InChI is InChI=1S/C11H21N5/c1-16(2)9-3-7-13-11-5-8-14-10(15-11)4-6-12/h5,8H,3-4,6-7,9,12H2,1-2H3,(H,13,14,15). The molecule has 0 aromatic carbocycles. The number of nitrogens with two attached hydrogens (primary N) is 1. The number of hydrogen-bond donors (Lipinski definition) is 2. The molecule has 0 fully saturated rings. The molecule has 1 aromatic rings. The van der Waals surface area contributed by atoms with E-state index in [0.717, 1.165) is 37.6 Å². The first-order chi connectivity index (χ1) is 7.72. The summed E-state index contributed by atoms with van der Waals surface area (Å²) in [7, 11) is 4.15. The number of anilines is 1. The van der Waals surface area contributed by atoms with Gasteiger partial charge in [0, 0.05) is 19.2 Å². The SMILES string of the molecule is CN(C)CCCNc1ccnc(CCN)n1. The normalized spacial score (nSPS) is 10.8. The molecule has 1 heterocycles. The van der Waals surface area contributed by atoms with Crippen LogP contribution in [0.3, 0.4) is 0 Å². The van der Waals surface area contributed by atoms with Crippen LogP contribution in [0, 0.1) is 0 Å². The Labute approximate surface area is 97.1 Å². The Bertz CT molecular complexity index is 300. The highest BCUT2D eigenvalue weighted by atomic mass is 15.1. The average Bonchev–Trinajstić information content (AvgIpc) is 2.25. The van der Waals surface area contributed by atoms with Crippen LogP contribution in [-0.2, 0) is 6.42 Å². The molecule has 0 unspecified atom stereocenters. The van der Waals surface area contributed by atoms with Crippen molar-refractivity contribution in [3.63, 3.8) is 0 Å². The maximum atomic E-state index is 5.46. The van der Waals surface area contributed by atoms with Crippen molar-refractivity contribution in [3.8, 4) is 0 Å². The second-order valence-electron chi connectivity index (χ2n) is 3.98. The Morgan fingerprint density at radius 3 is 2.94 bits per heavy atom. The van der Waals surface area contributed by atoms with Gasteiger partial charge in [-0.25, -0.2) is 9.97 Å². The van der Waals surface area contributed by atoms with Gasteiger partial charge in [0.1, 0.15) is 11.6 Å². The van der Waals surface area contributed by atoms with Gasteiger partial charge in [-0.15, -0.1) is 0 Å². The molecule has 16 heavy (non-hydrogen) atoms. The summed E-state index contributed by atoms with van der Waals surface area (Å²) >= 11 is 0. The van der Waals surface area contributed by atoms with Crippen molar-refractivity contribution in [1.29, 1.82) is 0 Å². The van der Waals surface area contributed by atoms with Crippen LogP contribution in [0.15, 0.2) is 12.3 Å². The lowest BCUT2D eigenvalue weighted by Crippen LogP contribution is -2.17. The monoisotopic (exact) mass is 223 g/mol. The maximum Gasteiger partial charge on any atom is 0.131 e. The van der Waals surface area contributed by atoms with E-state index in [1.807, 2.05) is 6.07 Å². The molecule has 0 aliphatic heterocycles. The van der Waals surface area contributed by atoms with Crippen molar-refractivity contribution in [3.05, 3.63) is 18.1 Å². The highest BCUT2D eigenvalue weighted by Gasteiger charge is 1.98. The first-order valence-electron chi connectivity index (χ1n) is 5.63. The third-order valence-electron chi connectivity index (χ3n) is 2.16. The summed E-state index contributed by atoms with van der Waals surface area (Å²) in [4.78, 5) is 10.7. The quantitative estimate of drug-likeness (QED) is 0.653. The van der Waals surface area contributed by atoms with E-state index < -0.39 is 0 Å². The van der Waals surface area contributed by atoms with Crippen LogP contribution in [0.25, 0.3) is 0 Å². The van der Waals surface area contributed by atoms with Gasteiger partial charge < -0.3 is 16.0 Å². The number of nitrogens with zero attached hydrogens (tertiary/aromatic N) is 3. The third kappa shape index (κ3) is 5.04. The van der Waals surface area contributed by atoms with E-state index in [4.69, 9.17) is 5.73 Å². The molecule has 90 valence electrons. The third-order valence-corrected chi connectivity index (χ3v) is 2.16. The molecule has 1 rings (SSSR count). The molecule has 0 atom stereocenters. The molecule has 0 bridgehead atoms. The fourth-order valence-electron chi connectivity index (χ4n) is 1.36. The zero-order valence-electron chi connectivity index (χ0n) is 10.1. The van der Waals surface area contributed by atoms with Crippen molar-refractivity contribution in [1.82, 2.24) is 14.9 Å². The van der Waals surface area contributed by atoms with Crippen molar-refractivity contribution >= 4 is 5.82 Å². The van der Waals surface area contributed by atoms with Gasteiger partial charge in [-0.05, 0) is 39.7 Å². The number of rotatable bonds is 7. The summed E-state index contributed by atoms with van der Waals surface area (Å²) in [6.07, 6.45) is 3.60. The smallest absolute Gasteiger partial charge is 0.131 e. The van der Waals surface area contributed by atoms with Crippen LogP contribution in [-0.4, -0.2) is 48.6 Å². The predicted molar refractivity (Wildman–Crippen MR) is 66.5 cm³/mol. The molecular weight excluding hydrogens is 202 g/mol. The lowest BCUT2D eigenvalue weighted by atomic mass is 10.4. The summed E-state index contributed by atoms with van der Waals surface area (Å²) in [5, 5.41) is 3.28. The second-order valence-corrected chi connectivity index (χ2v) is 3.98. The molecule has 0 spiro atoms. The van der Waals surface area contributed by atoms with Crippen LogP contribution in [0.1, 0.15) is 12.2 Å². The fourth-order valence-corrected chi connectivity index (χ4v) is 1.36. The van der Waals surface area contributed by atoms with E-state index in [-0.39, 0.29) is 0 Å². The largest absolute Gasteiger partial charge is 0.370 e. The molecule has 0 aliphatic carbocycles. The molecule has 5 nitrogen and oxygen atoms in total. The Morgan fingerprint density at radius 1 is 1.44 bits per heavy atom. The molecule has 5 heteroatoms. The highest BCUT2D eigenvalue weighted by molar-refractivity contribution is 5.32. The van der Waals surface area contributed by atoms with Crippen LogP contribution < -0.4 is 11.1 Å². The summed E-state index contributed by atoms with van der Waals surface area (Å²) < 4.78 is 0. The maximum absolute atomic E-state index is 5.46. The first kappa shape index (κ1) is 12.9. The van der Waals surface area contributed by atoms with E-state index in [1.54, 1.807) is 6.20 Å². The zero-order chi connectivity index (χ0) is 11.8. The van der Waals surface area contributed by atoms with Crippen LogP contribution in [0.5, 0.6) is 0 Å². The minimum absolute atomic E-state index is 0.587. The van der Waals surface area contributed by atoms with Gasteiger partial charge in [0.2, 0.25) is 0 Å². The van der Waals surface area contributed by atoms with Crippen molar-refractivity contribution < 1.29 is 0 Å². The van der Waals surface area contributed by atoms with E-state index in [9.17, 15) is 0 Å². The average molecular weight is 223 g/mol. The van der Waals surface area contributed by atoms with Gasteiger partial charge in [-0.3, -0.25) is 0 Å². The molecule has 0 aliphatic rings. The molecule has 0 saturated heterocycles. The van der Waals surface area contributed by atoms with E-state index in [0.29, 0.717) is 6.54 Å². The Hall–Kier alpha value is -1.20. The van der Waals surface area contributed by atoms with Crippen molar-refractivity contribution in [2.24, 2.45) is 5.73 Å². The van der Waals surface area contributed by atoms with Gasteiger partial charge >= 0.3 is 0 Å². The summed E-state index contributed by atoms with van der Waals surface area (Å²) in [6.45, 7) is 2.59. The van der Waals surface area contributed by atoms with Crippen LogP contribution >= 0.6 is 0 Å². The van der Waals surface area contributed by atoms with Crippen molar-refractivity contribution in [2.45, 2.75) is 12.8 Å². The van der Waals surface area contributed by atoms with Gasteiger partial charge in [0.25, 0.3) is 0 Å². The number of hydrogen-bond acceptors (Lipinski definition) is 5. The summed E-state index contributed by atoms with van der Waals surface area (Å²) in [6, 6.07) is 1.88. The van der Waals surface area contributed by atoms with Gasteiger partial charge in [0.15, 0.2) is 0 Å². The summed E-state index contributed by atoms with van der Waals surface area (Å²) in [5.74, 6) is 1.69. The zero-order valence-corrected chi connectivity index (χ0v) is 10.1. The van der Waals surface area contributed by atoms with Gasteiger partial charge in [-0.1, -0.05) is 0 Å². The fraction of sp³-hybridized carbons (Fsp3) is 0.636. The number of aromatic nitrogens is 2. The predicted octanol–water partition coefficient (Wildman–Crippen LogP) is 0.341. The van der Waals surface area contributed by atoms with Crippen molar-refractivity contribution in [2.75, 3.05) is 39.0 Å². The first-order valence-corrected chi connectivity index (χ1v) is 5.63. The molecule has 1 aromatic heterocycles. The molecule has 0 amide bonds. The lowest BCUT2D eigenvalue weighted by Gasteiger charge is -2.10. The Balaban J connectivity index is 2.33. The lowest BCUT2D eigenvalue weighted by molar-refractivity contribution is 0.405. The molecular formula is C11H21N5. The minimum atomic E-state index is 0.587. The van der Waals surface area contributed by atoms with E-state index >= 15 is 0 Å². The van der Waals surface area contributed by atoms with E-state index in [1.165, 1.54) is 0 Å². The second kappa shape index (κ2) is 7.14. The van der Waals surface area contributed by atoms with Gasteiger partial charge in [0.05, 0.1) is 0 Å². The highest BCUT2D eigenvalue weighted by Crippen LogP contribution is 2.02. The van der Waals surface area contributed by atoms with E-state index in [2.05, 4.69) is 34.3 Å². The minimum Gasteiger partial charge on any atom is -0.370 e. The molecule has 3 N–H and O–H groups in total. The topological polar surface area (TPSA) is 67.1 Å². The Morgan fingerprint density at radius 2 is 2.25 bits per heavy atom. The molecule has 0 radical (unpaired) electrons. The van der Waals surface area contributed by atoms with Gasteiger partial charge in [-0.2, -0.15) is 0 Å².